The van der Waals surface area contributed by atoms with E-state index in [1.165, 1.54) is 5.69 Å². The molecular formula is C27H34N6O2S. The third-order valence-electron chi connectivity index (χ3n) is 6.06. The van der Waals surface area contributed by atoms with E-state index in [9.17, 15) is 4.79 Å². The molecule has 0 radical (unpaired) electrons. The lowest BCUT2D eigenvalue weighted by molar-refractivity contribution is 0.0962. The SMILES string of the molecule is CNC(=O)c1cc(CCc2cnc(Nc3cccc(N4CS[C@H](C)N[C@H](C)C4)c3)nc2)cc(OC)c1. The van der Waals surface area contributed by atoms with Crippen molar-refractivity contribution in [1.82, 2.24) is 20.6 Å². The molecule has 1 fully saturated rings. The van der Waals surface area contributed by atoms with Crippen molar-refractivity contribution in [3.63, 3.8) is 0 Å². The van der Waals surface area contributed by atoms with Crippen molar-refractivity contribution < 1.29 is 9.53 Å². The molecule has 0 unspecified atom stereocenters. The Labute approximate surface area is 217 Å². The number of ether oxygens (including phenoxy) is 1. The summed E-state index contributed by atoms with van der Waals surface area (Å²) in [5.74, 6) is 2.05. The minimum absolute atomic E-state index is 0.131. The number of benzene rings is 2. The van der Waals surface area contributed by atoms with Crippen LogP contribution >= 0.6 is 11.8 Å². The molecular weight excluding hydrogens is 472 g/mol. The Balaban J connectivity index is 1.38. The Morgan fingerprint density at radius 2 is 1.92 bits per heavy atom. The van der Waals surface area contributed by atoms with Gasteiger partial charge in [0.05, 0.1) is 18.4 Å². The van der Waals surface area contributed by atoms with E-state index >= 15 is 0 Å². The van der Waals surface area contributed by atoms with Crippen molar-refractivity contribution in [2.75, 3.05) is 36.8 Å². The number of thioether (sulfide) groups is 1. The number of hydrogen-bond acceptors (Lipinski definition) is 8. The summed E-state index contributed by atoms with van der Waals surface area (Å²) >= 11 is 1.91. The molecule has 0 spiro atoms. The van der Waals surface area contributed by atoms with E-state index in [0.29, 0.717) is 28.7 Å². The van der Waals surface area contributed by atoms with Gasteiger partial charge in [-0.1, -0.05) is 6.07 Å². The number of aromatic nitrogens is 2. The molecule has 1 aliphatic heterocycles. The molecule has 1 aromatic heterocycles. The lowest BCUT2D eigenvalue weighted by Crippen LogP contribution is -2.37. The summed E-state index contributed by atoms with van der Waals surface area (Å²) < 4.78 is 5.36. The van der Waals surface area contributed by atoms with Gasteiger partial charge >= 0.3 is 0 Å². The lowest BCUT2D eigenvalue weighted by Gasteiger charge is -2.24. The van der Waals surface area contributed by atoms with Gasteiger partial charge in [0.2, 0.25) is 5.95 Å². The molecule has 2 aromatic carbocycles. The second-order valence-electron chi connectivity index (χ2n) is 8.97. The van der Waals surface area contributed by atoms with Crippen LogP contribution in [-0.4, -0.2) is 53.9 Å². The Kier molecular flexibility index (Phi) is 8.66. The zero-order valence-electron chi connectivity index (χ0n) is 21.2. The Morgan fingerprint density at radius 1 is 1.14 bits per heavy atom. The van der Waals surface area contributed by atoms with Gasteiger partial charge in [0.25, 0.3) is 5.91 Å². The fourth-order valence-corrected chi connectivity index (χ4v) is 5.20. The van der Waals surface area contributed by atoms with Crippen molar-refractivity contribution in [3.05, 3.63) is 71.5 Å². The van der Waals surface area contributed by atoms with Gasteiger partial charge in [0.1, 0.15) is 5.75 Å². The van der Waals surface area contributed by atoms with Gasteiger partial charge in [0, 0.05) is 49.0 Å². The molecule has 0 bridgehead atoms. The van der Waals surface area contributed by atoms with E-state index in [-0.39, 0.29) is 5.91 Å². The van der Waals surface area contributed by atoms with E-state index in [1.54, 1.807) is 20.2 Å². The standard InChI is InChI=1S/C27H34N6O2S/c1-18-16-33(17-36-19(2)31-18)24-7-5-6-23(13-24)32-27-29-14-21(15-30-27)9-8-20-10-22(26(34)28-3)12-25(11-20)35-4/h5-7,10-15,18-19,31H,8-9,16-17H2,1-4H3,(H,28,34)(H,29,30,32)/t18-,19-/m1/s1. The minimum Gasteiger partial charge on any atom is -0.497 e. The second-order valence-corrected chi connectivity index (χ2v) is 10.3. The van der Waals surface area contributed by atoms with Gasteiger partial charge in [0.15, 0.2) is 0 Å². The Morgan fingerprint density at radius 3 is 2.67 bits per heavy atom. The zero-order valence-corrected chi connectivity index (χ0v) is 22.1. The Bertz CT molecular complexity index is 1170. The highest BCUT2D eigenvalue weighted by Crippen LogP contribution is 2.26. The molecule has 9 heteroatoms. The number of rotatable bonds is 8. The predicted octanol–water partition coefficient (Wildman–Crippen LogP) is 4.21. The van der Waals surface area contributed by atoms with Gasteiger partial charge < -0.3 is 25.6 Å². The van der Waals surface area contributed by atoms with Crippen LogP contribution in [0.1, 0.15) is 35.3 Å². The van der Waals surface area contributed by atoms with Crippen LogP contribution in [0.15, 0.2) is 54.9 Å². The number of methoxy groups -OCH3 is 1. The molecule has 1 aliphatic rings. The molecule has 1 saturated heterocycles. The number of hydrogen-bond donors (Lipinski definition) is 3. The molecule has 0 aliphatic carbocycles. The van der Waals surface area contributed by atoms with E-state index in [0.717, 1.165) is 42.1 Å². The molecule has 1 amide bonds. The van der Waals surface area contributed by atoms with Gasteiger partial charge in [-0.15, -0.1) is 11.8 Å². The molecule has 3 aromatic rings. The van der Waals surface area contributed by atoms with Crippen molar-refractivity contribution in [1.29, 1.82) is 0 Å². The molecule has 8 nitrogen and oxygen atoms in total. The molecule has 4 rings (SSSR count). The highest BCUT2D eigenvalue weighted by atomic mass is 32.2. The van der Waals surface area contributed by atoms with E-state index in [2.05, 4.69) is 62.9 Å². The summed E-state index contributed by atoms with van der Waals surface area (Å²) in [5.41, 5.74) is 4.78. The summed E-state index contributed by atoms with van der Waals surface area (Å²) in [6.07, 6.45) is 5.20. The molecule has 0 saturated carbocycles. The molecule has 190 valence electrons. The summed E-state index contributed by atoms with van der Waals surface area (Å²) in [7, 11) is 3.23. The maximum atomic E-state index is 12.0. The quantitative estimate of drug-likeness (QED) is 0.419. The van der Waals surface area contributed by atoms with Crippen LogP contribution in [0.5, 0.6) is 5.75 Å². The third-order valence-corrected chi connectivity index (χ3v) is 7.16. The van der Waals surface area contributed by atoms with Crippen LogP contribution in [0.4, 0.5) is 17.3 Å². The largest absolute Gasteiger partial charge is 0.497 e. The maximum absolute atomic E-state index is 12.0. The van der Waals surface area contributed by atoms with Crippen LogP contribution in [0.3, 0.4) is 0 Å². The van der Waals surface area contributed by atoms with E-state index in [4.69, 9.17) is 4.74 Å². The number of carbonyl (C=O) groups is 1. The first-order valence-electron chi connectivity index (χ1n) is 12.1. The Hall–Kier alpha value is -3.30. The highest BCUT2D eigenvalue weighted by Gasteiger charge is 2.19. The first kappa shape index (κ1) is 25.8. The first-order chi connectivity index (χ1) is 17.4. The number of nitrogens with zero attached hydrogens (tertiary/aromatic N) is 3. The molecule has 36 heavy (non-hydrogen) atoms. The zero-order chi connectivity index (χ0) is 25.5. The fourth-order valence-electron chi connectivity index (χ4n) is 4.21. The van der Waals surface area contributed by atoms with Crippen molar-refractivity contribution in [2.24, 2.45) is 0 Å². The fraction of sp³-hybridized carbons (Fsp3) is 0.370. The number of aryl methyl sites for hydroxylation is 2. The number of nitrogens with one attached hydrogen (secondary N) is 3. The number of carbonyl (C=O) groups excluding carboxylic acids is 1. The number of anilines is 3. The van der Waals surface area contributed by atoms with Crippen LogP contribution in [0.25, 0.3) is 0 Å². The van der Waals surface area contributed by atoms with Gasteiger partial charge in [-0.3, -0.25) is 4.79 Å². The third kappa shape index (κ3) is 6.89. The average molecular weight is 507 g/mol. The lowest BCUT2D eigenvalue weighted by atomic mass is 10.0. The normalized spacial score (nSPS) is 17.8. The van der Waals surface area contributed by atoms with Crippen molar-refractivity contribution in [3.8, 4) is 5.75 Å². The van der Waals surface area contributed by atoms with Crippen LogP contribution in [0.2, 0.25) is 0 Å². The highest BCUT2D eigenvalue weighted by molar-refractivity contribution is 7.99. The van der Waals surface area contributed by atoms with Gasteiger partial charge in [-0.05, 0) is 74.2 Å². The van der Waals surface area contributed by atoms with Gasteiger partial charge in [-0.2, -0.15) is 0 Å². The molecule has 2 heterocycles. The summed E-state index contributed by atoms with van der Waals surface area (Å²) in [6, 6.07) is 14.4. The summed E-state index contributed by atoms with van der Waals surface area (Å²) in [6.45, 7) is 5.40. The van der Waals surface area contributed by atoms with Crippen molar-refractivity contribution >= 4 is 35.0 Å². The second kappa shape index (κ2) is 12.1. The van der Waals surface area contributed by atoms with Crippen LogP contribution in [0, 0.1) is 0 Å². The van der Waals surface area contributed by atoms with E-state index < -0.39 is 0 Å². The monoisotopic (exact) mass is 506 g/mol. The smallest absolute Gasteiger partial charge is 0.251 e. The van der Waals surface area contributed by atoms with Crippen LogP contribution in [-0.2, 0) is 12.8 Å². The van der Waals surface area contributed by atoms with Crippen molar-refractivity contribution in [2.45, 2.75) is 38.1 Å². The first-order valence-corrected chi connectivity index (χ1v) is 13.2. The summed E-state index contributed by atoms with van der Waals surface area (Å²) in [5, 5.41) is 10.0. The number of amides is 1. The summed E-state index contributed by atoms with van der Waals surface area (Å²) in [4.78, 5) is 23.5. The topological polar surface area (TPSA) is 91.4 Å². The average Bonchev–Trinajstić information content (AvgIpc) is 3.07. The van der Waals surface area contributed by atoms with Gasteiger partial charge in [-0.25, -0.2) is 9.97 Å². The maximum Gasteiger partial charge on any atom is 0.251 e. The van der Waals surface area contributed by atoms with Crippen LogP contribution < -0.4 is 25.6 Å². The molecule has 2 atom stereocenters. The molecule has 3 N–H and O–H groups in total. The predicted molar refractivity (Wildman–Crippen MR) is 147 cm³/mol. The van der Waals surface area contributed by atoms with E-state index in [1.807, 2.05) is 42.4 Å². The minimum atomic E-state index is -0.131.